The van der Waals surface area contributed by atoms with Crippen molar-refractivity contribution in [1.29, 1.82) is 0 Å². The second-order valence-electron chi connectivity index (χ2n) is 3.35. The SMILES string of the molecule is CCSCCOc1ccc(C)cc1C(=O)O. The number of carboxylic acids is 1. The Morgan fingerprint density at radius 3 is 2.88 bits per heavy atom. The van der Waals surface area contributed by atoms with Crippen molar-refractivity contribution < 1.29 is 14.6 Å². The smallest absolute Gasteiger partial charge is 0.339 e. The van der Waals surface area contributed by atoms with E-state index in [4.69, 9.17) is 9.84 Å². The van der Waals surface area contributed by atoms with Gasteiger partial charge in [0.05, 0.1) is 6.61 Å². The summed E-state index contributed by atoms with van der Waals surface area (Å²) in [4.78, 5) is 11.0. The predicted octanol–water partition coefficient (Wildman–Crippen LogP) is 2.83. The number of thioether (sulfide) groups is 1. The lowest BCUT2D eigenvalue weighted by molar-refractivity contribution is 0.0692. The molecule has 0 amide bonds. The van der Waals surface area contributed by atoms with Gasteiger partial charge in [-0.25, -0.2) is 4.79 Å². The fourth-order valence-electron chi connectivity index (χ4n) is 1.29. The molecule has 0 spiro atoms. The monoisotopic (exact) mass is 240 g/mol. The van der Waals surface area contributed by atoms with Gasteiger partial charge in [0.2, 0.25) is 0 Å². The first-order valence-electron chi connectivity index (χ1n) is 5.19. The van der Waals surface area contributed by atoms with E-state index in [0.717, 1.165) is 17.1 Å². The van der Waals surface area contributed by atoms with Gasteiger partial charge in [0.1, 0.15) is 11.3 Å². The molecule has 0 atom stereocenters. The maximum Gasteiger partial charge on any atom is 0.339 e. The molecule has 0 heterocycles. The van der Waals surface area contributed by atoms with Gasteiger partial charge in [0.25, 0.3) is 0 Å². The van der Waals surface area contributed by atoms with Crippen molar-refractivity contribution in [3.63, 3.8) is 0 Å². The Labute approximate surface area is 99.8 Å². The Morgan fingerprint density at radius 1 is 1.50 bits per heavy atom. The van der Waals surface area contributed by atoms with Crippen LogP contribution in [0.4, 0.5) is 0 Å². The average Bonchev–Trinajstić information content (AvgIpc) is 2.26. The van der Waals surface area contributed by atoms with E-state index >= 15 is 0 Å². The van der Waals surface area contributed by atoms with E-state index in [9.17, 15) is 4.79 Å². The molecule has 1 rings (SSSR count). The fraction of sp³-hybridized carbons (Fsp3) is 0.417. The third kappa shape index (κ3) is 3.77. The summed E-state index contributed by atoms with van der Waals surface area (Å²) in [5.41, 5.74) is 1.16. The molecule has 3 nitrogen and oxygen atoms in total. The molecule has 0 aromatic heterocycles. The van der Waals surface area contributed by atoms with Gasteiger partial charge in [-0.2, -0.15) is 11.8 Å². The molecule has 16 heavy (non-hydrogen) atoms. The van der Waals surface area contributed by atoms with Gasteiger partial charge in [-0.1, -0.05) is 18.6 Å². The second-order valence-corrected chi connectivity index (χ2v) is 4.74. The third-order valence-electron chi connectivity index (χ3n) is 2.05. The number of benzene rings is 1. The van der Waals surface area contributed by atoms with E-state index in [2.05, 4.69) is 6.92 Å². The largest absolute Gasteiger partial charge is 0.492 e. The highest BCUT2D eigenvalue weighted by Gasteiger charge is 2.10. The maximum absolute atomic E-state index is 11.0. The molecule has 0 fully saturated rings. The predicted molar refractivity (Wildman–Crippen MR) is 66.6 cm³/mol. The topological polar surface area (TPSA) is 46.5 Å². The quantitative estimate of drug-likeness (QED) is 0.777. The van der Waals surface area contributed by atoms with Crippen LogP contribution in [0.1, 0.15) is 22.8 Å². The normalized spacial score (nSPS) is 10.1. The Morgan fingerprint density at radius 2 is 2.25 bits per heavy atom. The van der Waals surface area contributed by atoms with Crippen LogP contribution < -0.4 is 4.74 Å². The number of hydrogen-bond donors (Lipinski definition) is 1. The number of aromatic carboxylic acids is 1. The molecular weight excluding hydrogens is 224 g/mol. The zero-order valence-corrected chi connectivity index (χ0v) is 10.3. The standard InChI is InChI=1S/C12H16O3S/c1-3-16-7-6-15-11-5-4-9(2)8-10(11)12(13)14/h4-5,8H,3,6-7H2,1-2H3,(H,13,14). The molecule has 0 bridgehead atoms. The lowest BCUT2D eigenvalue weighted by atomic mass is 10.1. The van der Waals surface area contributed by atoms with Crippen LogP contribution in [0.2, 0.25) is 0 Å². The molecule has 0 radical (unpaired) electrons. The van der Waals surface area contributed by atoms with Crippen LogP contribution in [0.3, 0.4) is 0 Å². The number of ether oxygens (including phenoxy) is 1. The second kappa shape index (κ2) is 6.43. The number of hydrogen-bond acceptors (Lipinski definition) is 3. The summed E-state index contributed by atoms with van der Waals surface area (Å²) in [6.45, 7) is 4.49. The van der Waals surface area contributed by atoms with E-state index < -0.39 is 5.97 Å². The Hall–Kier alpha value is -1.16. The van der Waals surface area contributed by atoms with Crippen LogP contribution in [0.25, 0.3) is 0 Å². The first-order valence-corrected chi connectivity index (χ1v) is 6.35. The molecule has 1 aromatic rings. The zero-order chi connectivity index (χ0) is 12.0. The molecule has 88 valence electrons. The number of rotatable bonds is 6. The first kappa shape index (κ1) is 12.9. The van der Waals surface area contributed by atoms with Crippen molar-refractivity contribution in [3.05, 3.63) is 29.3 Å². The van der Waals surface area contributed by atoms with Gasteiger partial charge in [0.15, 0.2) is 0 Å². The summed E-state index contributed by atoms with van der Waals surface area (Å²) in [5.74, 6) is 1.43. The third-order valence-corrected chi connectivity index (χ3v) is 2.92. The molecule has 4 heteroatoms. The van der Waals surface area contributed by atoms with Crippen LogP contribution in [-0.2, 0) is 0 Å². The fourth-order valence-corrected chi connectivity index (χ4v) is 1.78. The molecule has 0 aliphatic rings. The van der Waals surface area contributed by atoms with Gasteiger partial charge < -0.3 is 9.84 Å². The van der Waals surface area contributed by atoms with Crippen molar-refractivity contribution in [1.82, 2.24) is 0 Å². The van der Waals surface area contributed by atoms with Crippen molar-refractivity contribution in [3.8, 4) is 5.75 Å². The maximum atomic E-state index is 11.0. The van der Waals surface area contributed by atoms with Crippen molar-refractivity contribution in [2.75, 3.05) is 18.1 Å². The van der Waals surface area contributed by atoms with Gasteiger partial charge in [-0.15, -0.1) is 0 Å². The van der Waals surface area contributed by atoms with Gasteiger partial charge in [-0.3, -0.25) is 0 Å². The van der Waals surface area contributed by atoms with Gasteiger partial charge >= 0.3 is 5.97 Å². The average molecular weight is 240 g/mol. The number of carbonyl (C=O) groups is 1. The van der Waals surface area contributed by atoms with Gasteiger partial charge in [-0.05, 0) is 24.8 Å². The minimum atomic E-state index is -0.943. The number of aryl methyl sites for hydroxylation is 1. The molecule has 0 aliphatic heterocycles. The molecule has 0 saturated carbocycles. The summed E-state index contributed by atoms with van der Waals surface area (Å²) in [5, 5.41) is 9.01. The lowest BCUT2D eigenvalue weighted by Crippen LogP contribution is -2.06. The first-order chi connectivity index (χ1) is 7.65. The van der Waals surface area contributed by atoms with Crippen LogP contribution in [0.5, 0.6) is 5.75 Å². The van der Waals surface area contributed by atoms with Crippen LogP contribution >= 0.6 is 11.8 Å². The summed E-state index contributed by atoms with van der Waals surface area (Å²) in [6.07, 6.45) is 0. The van der Waals surface area contributed by atoms with Crippen LogP contribution in [0.15, 0.2) is 18.2 Å². The van der Waals surface area contributed by atoms with E-state index in [-0.39, 0.29) is 5.56 Å². The van der Waals surface area contributed by atoms with Gasteiger partial charge in [0, 0.05) is 5.75 Å². The highest BCUT2D eigenvalue weighted by atomic mass is 32.2. The Kier molecular flexibility index (Phi) is 5.19. The summed E-state index contributed by atoms with van der Waals surface area (Å²) in [6, 6.07) is 5.20. The molecule has 0 aliphatic carbocycles. The summed E-state index contributed by atoms with van der Waals surface area (Å²) >= 11 is 1.77. The minimum absolute atomic E-state index is 0.237. The van der Waals surface area contributed by atoms with E-state index in [0.29, 0.717) is 12.4 Å². The summed E-state index contributed by atoms with van der Waals surface area (Å²) < 4.78 is 5.45. The van der Waals surface area contributed by atoms with E-state index in [1.807, 2.05) is 13.0 Å². The number of carboxylic acid groups (broad SMARTS) is 1. The minimum Gasteiger partial charge on any atom is -0.492 e. The lowest BCUT2D eigenvalue weighted by Gasteiger charge is -2.09. The van der Waals surface area contributed by atoms with Crippen molar-refractivity contribution >= 4 is 17.7 Å². The molecule has 1 aromatic carbocycles. The highest BCUT2D eigenvalue weighted by molar-refractivity contribution is 7.99. The van der Waals surface area contributed by atoms with Crippen LogP contribution in [-0.4, -0.2) is 29.2 Å². The Bertz CT molecular complexity index is 363. The summed E-state index contributed by atoms with van der Waals surface area (Å²) in [7, 11) is 0. The van der Waals surface area contributed by atoms with Crippen molar-refractivity contribution in [2.45, 2.75) is 13.8 Å². The molecule has 1 N–H and O–H groups in total. The van der Waals surface area contributed by atoms with E-state index in [1.165, 1.54) is 0 Å². The highest BCUT2D eigenvalue weighted by Crippen LogP contribution is 2.20. The Balaban J connectivity index is 2.67. The zero-order valence-electron chi connectivity index (χ0n) is 9.53. The van der Waals surface area contributed by atoms with E-state index in [1.54, 1.807) is 23.9 Å². The van der Waals surface area contributed by atoms with Crippen LogP contribution in [0, 0.1) is 6.92 Å². The molecule has 0 saturated heterocycles. The molecular formula is C12H16O3S. The van der Waals surface area contributed by atoms with Crippen molar-refractivity contribution in [2.24, 2.45) is 0 Å². The molecule has 0 unspecified atom stereocenters.